The molecule has 2 rings (SSSR count). The Hall–Kier alpha value is -0.780. The van der Waals surface area contributed by atoms with Crippen LogP contribution in [-0.2, 0) is 11.3 Å². The van der Waals surface area contributed by atoms with E-state index in [1.165, 1.54) is 0 Å². The normalized spacial score (nSPS) is 18.6. The molecule has 1 fully saturated rings. The molecule has 4 nitrogen and oxygen atoms in total. The van der Waals surface area contributed by atoms with Crippen molar-refractivity contribution in [3.05, 3.63) is 33.3 Å². The Balaban J connectivity index is 1.84. The van der Waals surface area contributed by atoms with Crippen LogP contribution < -0.4 is 5.32 Å². The molecule has 0 radical (unpaired) electrons. The lowest BCUT2D eigenvalue weighted by molar-refractivity contribution is 0.0291. The van der Waals surface area contributed by atoms with E-state index in [1.807, 2.05) is 39.0 Å². The zero-order valence-corrected chi connectivity index (χ0v) is 15.5. The van der Waals surface area contributed by atoms with E-state index in [4.69, 9.17) is 16.3 Å². The number of amides is 1. The molecule has 1 aliphatic rings. The number of ether oxygens (including phenoxy) is 1. The van der Waals surface area contributed by atoms with Crippen LogP contribution in [0.4, 0.5) is 4.79 Å². The van der Waals surface area contributed by atoms with Gasteiger partial charge in [-0.2, -0.15) is 0 Å². The van der Waals surface area contributed by atoms with Crippen molar-refractivity contribution < 1.29 is 9.53 Å². The van der Waals surface area contributed by atoms with Gasteiger partial charge >= 0.3 is 6.09 Å². The van der Waals surface area contributed by atoms with E-state index in [9.17, 15) is 4.79 Å². The van der Waals surface area contributed by atoms with Gasteiger partial charge < -0.3 is 15.0 Å². The van der Waals surface area contributed by atoms with Crippen LogP contribution in [0.3, 0.4) is 0 Å². The first-order chi connectivity index (χ1) is 10.3. The van der Waals surface area contributed by atoms with Crippen molar-refractivity contribution in [3.63, 3.8) is 0 Å². The maximum atomic E-state index is 12.0. The average molecular weight is 390 g/mol. The second-order valence-corrected chi connectivity index (χ2v) is 7.71. The van der Waals surface area contributed by atoms with E-state index in [2.05, 4.69) is 21.2 Å². The SMILES string of the molecule is CC(C)(C)OC(=O)N1CCC(NCc2cccc(Cl)c2Br)C1. The van der Waals surface area contributed by atoms with Gasteiger partial charge in [-0.25, -0.2) is 4.79 Å². The van der Waals surface area contributed by atoms with Gasteiger partial charge in [0.2, 0.25) is 0 Å². The Labute approximate surface area is 145 Å². The molecule has 1 heterocycles. The summed E-state index contributed by atoms with van der Waals surface area (Å²) in [5.41, 5.74) is 0.664. The zero-order chi connectivity index (χ0) is 16.3. The van der Waals surface area contributed by atoms with Crippen molar-refractivity contribution in [2.45, 2.75) is 45.4 Å². The van der Waals surface area contributed by atoms with Gasteiger partial charge in [0.15, 0.2) is 0 Å². The van der Waals surface area contributed by atoms with Crippen LogP contribution in [-0.4, -0.2) is 35.7 Å². The predicted octanol–water partition coefficient (Wildman–Crippen LogP) is 4.20. The number of rotatable bonds is 3. The van der Waals surface area contributed by atoms with Gasteiger partial charge in [-0.1, -0.05) is 23.7 Å². The second-order valence-electron chi connectivity index (χ2n) is 6.51. The van der Waals surface area contributed by atoms with Crippen molar-refractivity contribution in [1.82, 2.24) is 10.2 Å². The maximum Gasteiger partial charge on any atom is 0.410 e. The van der Waals surface area contributed by atoms with Crippen molar-refractivity contribution in [3.8, 4) is 0 Å². The monoisotopic (exact) mass is 388 g/mol. The third-order valence-corrected chi connectivity index (χ3v) is 4.93. The number of hydrogen-bond acceptors (Lipinski definition) is 3. The molecule has 0 bridgehead atoms. The molecule has 22 heavy (non-hydrogen) atoms. The molecule has 0 aromatic heterocycles. The molecule has 1 aromatic carbocycles. The molecule has 6 heteroatoms. The van der Waals surface area contributed by atoms with E-state index in [-0.39, 0.29) is 12.1 Å². The van der Waals surface area contributed by atoms with Crippen LogP contribution >= 0.6 is 27.5 Å². The molecule has 1 atom stereocenters. The number of halogens is 2. The molecule has 1 N–H and O–H groups in total. The Kier molecular flexibility index (Phi) is 5.75. The summed E-state index contributed by atoms with van der Waals surface area (Å²) in [6.07, 6.45) is 0.693. The number of carbonyl (C=O) groups excluding carboxylic acids is 1. The van der Waals surface area contributed by atoms with Crippen molar-refractivity contribution >= 4 is 33.6 Å². The van der Waals surface area contributed by atoms with Crippen LogP contribution in [0.5, 0.6) is 0 Å². The molecular weight excluding hydrogens is 368 g/mol. The highest BCUT2D eigenvalue weighted by molar-refractivity contribution is 9.10. The first-order valence-electron chi connectivity index (χ1n) is 7.40. The summed E-state index contributed by atoms with van der Waals surface area (Å²) in [7, 11) is 0. The first-order valence-corrected chi connectivity index (χ1v) is 8.57. The van der Waals surface area contributed by atoms with Crippen molar-refractivity contribution in [2.75, 3.05) is 13.1 Å². The van der Waals surface area contributed by atoms with Gasteiger partial charge in [-0.15, -0.1) is 0 Å². The lowest BCUT2D eigenvalue weighted by Gasteiger charge is -2.24. The Morgan fingerprint density at radius 1 is 1.50 bits per heavy atom. The fraction of sp³-hybridized carbons (Fsp3) is 0.562. The Morgan fingerprint density at radius 3 is 2.91 bits per heavy atom. The fourth-order valence-corrected chi connectivity index (χ4v) is 2.96. The van der Waals surface area contributed by atoms with Crippen LogP contribution in [0.1, 0.15) is 32.8 Å². The molecule has 0 aliphatic carbocycles. The van der Waals surface area contributed by atoms with Crippen molar-refractivity contribution in [1.29, 1.82) is 0 Å². The molecule has 1 aliphatic heterocycles. The van der Waals surface area contributed by atoms with E-state index >= 15 is 0 Å². The topological polar surface area (TPSA) is 41.6 Å². The summed E-state index contributed by atoms with van der Waals surface area (Å²) in [4.78, 5) is 13.8. The lowest BCUT2D eigenvalue weighted by Crippen LogP contribution is -2.38. The Bertz CT molecular complexity index is 545. The van der Waals surface area contributed by atoms with Gasteiger partial charge in [0.25, 0.3) is 0 Å². The smallest absolute Gasteiger partial charge is 0.410 e. The highest BCUT2D eigenvalue weighted by atomic mass is 79.9. The quantitative estimate of drug-likeness (QED) is 0.842. The standard InChI is InChI=1S/C16H22BrClN2O2/c1-16(2,3)22-15(21)20-8-7-12(10-20)19-9-11-5-4-6-13(18)14(11)17/h4-6,12,19H,7-10H2,1-3H3. The number of hydrogen-bond donors (Lipinski definition) is 1. The number of nitrogens with zero attached hydrogens (tertiary/aromatic N) is 1. The van der Waals surface area contributed by atoms with Gasteiger partial charge in [-0.3, -0.25) is 0 Å². The molecule has 0 spiro atoms. The molecule has 1 saturated heterocycles. The second kappa shape index (κ2) is 7.20. The van der Waals surface area contributed by atoms with Crippen LogP contribution in [0.15, 0.2) is 22.7 Å². The number of carbonyl (C=O) groups is 1. The summed E-state index contributed by atoms with van der Waals surface area (Å²) in [5.74, 6) is 0. The average Bonchev–Trinajstić information content (AvgIpc) is 2.87. The summed E-state index contributed by atoms with van der Waals surface area (Å²) in [6.45, 7) is 7.76. The van der Waals surface area contributed by atoms with Gasteiger partial charge in [-0.05, 0) is 54.8 Å². The third-order valence-electron chi connectivity index (χ3n) is 3.45. The fourth-order valence-electron chi connectivity index (χ4n) is 2.36. The van der Waals surface area contributed by atoms with Crippen molar-refractivity contribution in [2.24, 2.45) is 0 Å². The number of likely N-dealkylation sites (tertiary alicyclic amines) is 1. The summed E-state index contributed by atoms with van der Waals surface area (Å²) >= 11 is 9.59. The van der Waals surface area contributed by atoms with Gasteiger partial charge in [0, 0.05) is 30.1 Å². The molecular formula is C16H22BrClN2O2. The number of benzene rings is 1. The predicted molar refractivity (Wildman–Crippen MR) is 92.2 cm³/mol. The van der Waals surface area contributed by atoms with Crippen LogP contribution in [0, 0.1) is 0 Å². The van der Waals surface area contributed by atoms with E-state index in [1.54, 1.807) is 4.90 Å². The lowest BCUT2D eigenvalue weighted by atomic mass is 10.2. The highest BCUT2D eigenvalue weighted by Gasteiger charge is 2.29. The first kappa shape index (κ1) is 17.6. The molecule has 1 unspecified atom stereocenters. The molecule has 0 saturated carbocycles. The minimum Gasteiger partial charge on any atom is -0.444 e. The maximum absolute atomic E-state index is 12.0. The van der Waals surface area contributed by atoms with Gasteiger partial charge in [0.1, 0.15) is 5.60 Å². The van der Waals surface area contributed by atoms with Crippen LogP contribution in [0.25, 0.3) is 0 Å². The largest absolute Gasteiger partial charge is 0.444 e. The summed E-state index contributed by atoms with van der Waals surface area (Å²) < 4.78 is 6.32. The molecule has 122 valence electrons. The van der Waals surface area contributed by atoms with Crippen LogP contribution in [0.2, 0.25) is 5.02 Å². The Morgan fingerprint density at radius 2 is 2.23 bits per heavy atom. The minimum atomic E-state index is -0.450. The minimum absolute atomic E-state index is 0.235. The van der Waals surface area contributed by atoms with E-state index in [0.29, 0.717) is 18.1 Å². The zero-order valence-electron chi connectivity index (χ0n) is 13.2. The summed E-state index contributed by atoms with van der Waals surface area (Å²) in [5, 5.41) is 4.18. The van der Waals surface area contributed by atoms with E-state index in [0.717, 1.165) is 23.0 Å². The highest BCUT2D eigenvalue weighted by Crippen LogP contribution is 2.26. The number of nitrogens with one attached hydrogen (secondary N) is 1. The summed E-state index contributed by atoms with van der Waals surface area (Å²) in [6, 6.07) is 6.10. The molecule has 1 aromatic rings. The molecule has 1 amide bonds. The van der Waals surface area contributed by atoms with Gasteiger partial charge in [0.05, 0.1) is 5.02 Å². The van der Waals surface area contributed by atoms with E-state index < -0.39 is 5.60 Å². The third kappa shape index (κ3) is 4.86.